The molecule has 4 heteroatoms. The van der Waals surface area contributed by atoms with Crippen molar-refractivity contribution in [2.45, 2.75) is 13.0 Å². The van der Waals surface area contributed by atoms with Crippen LogP contribution in [0.5, 0.6) is 11.5 Å². The van der Waals surface area contributed by atoms with E-state index in [0.29, 0.717) is 0 Å². The quantitative estimate of drug-likeness (QED) is 0.893. The van der Waals surface area contributed by atoms with E-state index in [0.717, 1.165) is 33.2 Å². The Kier molecular flexibility index (Phi) is 5.10. The highest BCUT2D eigenvalue weighted by molar-refractivity contribution is 6.31. The molecule has 0 aliphatic rings. The molecule has 0 aliphatic carbocycles. The van der Waals surface area contributed by atoms with Gasteiger partial charge in [-0.05, 0) is 43.3 Å². The van der Waals surface area contributed by atoms with E-state index in [1.54, 1.807) is 14.2 Å². The minimum Gasteiger partial charge on any atom is -0.497 e. The van der Waals surface area contributed by atoms with E-state index >= 15 is 0 Å². The van der Waals surface area contributed by atoms with Crippen LogP contribution in [0.1, 0.15) is 18.5 Å². The maximum Gasteiger partial charge on any atom is 0.130 e. The lowest BCUT2D eigenvalue weighted by atomic mass is 10.0. The second-order valence-electron chi connectivity index (χ2n) is 4.81. The van der Waals surface area contributed by atoms with Gasteiger partial charge in [0.1, 0.15) is 11.5 Å². The molecule has 1 atom stereocenters. The molecule has 0 bridgehead atoms. The Morgan fingerprint density at radius 2 is 1.81 bits per heavy atom. The van der Waals surface area contributed by atoms with Gasteiger partial charge in [0.15, 0.2) is 0 Å². The zero-order valence-electron chi connectivity index (χ0n) is 12.7. The van der Waals surface area contributed by atoms with Crippen LogP contribution in [0.4, 0.5) is 0 Å². The summed E-state index contributed by atoms with van der Waals surface area (Å²) in [6.07, 6.45) is 0. The van der Waals surface area contributed by atoms with Crippen molar-refractivity contribution < 1.29 is 9.47 Å². The molecule has 0 radical (unpaired) electrons. The van der Waals surface area contributed by atoms with Crippen molar-refractivity contribution in [3.05, 3.63) is 47.0 Å². The lowest BCUT2D eigenvalue weighted by Crippen LogP contribution is -2.12. The first-order valence-electron chi connectivity index (χ1n) is 6.79. The number of nitrogens with one attached hydrogen (secondary N) is 1. The van der Waals surface area contributed by atoms with E-state index in [1.165, 1.54) is 0 Å². The molecule has 3 nitrogen and oxygen atoms in total. The Bertz CT molecular complexity index is 628. The third kappa shape index (κ3) is 3.31. The Morgan fingerprint density at radius 1 is 1.05 bits per heavy atom. The fourth-order valence-electron chi connectivity index (χ4n) is 2.24. The minimum absolute atomic E-state index is 0.212. The Hall–Kier alpha value is -1.71. The number of rotatable bonds is 5. The van der Waals surface area contributed by atoms with Crippen molar-refractivity contribution in [2.75, 3.05) is 21.3 Å². The molecule has 0 aliphatic heterocycles. The third-order valence-corrected chi connectivity index (χ3v) is 3.95. The van der Waals surface area contributed by atoms with E-state index in [1.807, 2.05) is 37.4 Å². The molecule has 2 aromatic carbocycles. The predicted octanol–water partition coefficient (Wildman–Crippen LogP) is 4.30. The molecule has 112 valence electrons. The first-order valence-corrected chi connectivity index (χ1v) is 7.17. The van der Waals surface area contributed by atoms with Crippen molar-refractivity contribution in [2.24, 2.45) is 0 Å². The highest BCUT2D eigenvalue weighted by Crippen LogP contribution is 2.36. The summed E-state index contributed by atoms with van der Waals surface area (Å²) >= 11 is 6.40. The van der Waals surface area contributed by atoms with Crippen LogP contribution >= 0.6 is 11.6 Å². The average Bonchev–Trinajstić information content (AvgIpc) is 2.53. The maximum absolute atomic E-state index is 6.40. The van der Waals surface area contributed by atoms with Gasteiger partial charge in [0.2, 0.25) is 0 Å². The van der Waals surface area contributed by atoms with E-state index in [2.05, 4.69) is 18.3 Å². The fourth-order valence-corrected chi connectivity index (χ4v) is 2.58. The van der Waals surface area contributed by atoms with E-state index < -0.39 is 0 Å². The molecular weight excluding hydrogens is 286 g/mol. The molecule has 0 heterocycles. The van der Waals surface area contributed by atoms with Gasteiger partial charge >= 0.3 is 0 Å². The molecule has 0 amide bonds. The summed E-state index contributed by atoms with van der Waals surface area (Å²) in [6.45, 7) is 2.08. The summed E-state index contributed by atoms with van der Waals surface area (Å²) in [5.74, 6) is 1.53. The molecule has 21 heavy (non-hydrogen) atoms. The maximum atomic E-state index is 6.40. The van der Waals surface area contributed by atoms with Gasteiger partial charge in [0.25, 0.3) is 0 Å². The van der Waals surface area contributed by atoms with Crippen LogP contribution < -0.4 is 14.8 Å². The van der Waals surface area contributed by atoms with Gasteiger partial charge in [-0.1, -0.05) is 23.7 Å². The van der Waals surface area contributed by atoms with E-state index in [9.17, 15) is 0 Å². The predicted molar refractivity (Wildman–Crippen MR) is 87.5 cm³/mol. The minimum atomic E-state index is 0.212. The van der Waals surface area contributed by atoms with Crippen molar-refractivity contribution >= 4 is 11.6 Å². The zero-order chi connectivity index (χ0) is 15.4. The Labute approximate surface area is 130 Å². The first kappa shape index (κ1) is 15.7. The topological polar surface area (TPSA) is 30.5 Å². The van der Waals surface area contributed by atoms with Gasteiger partial charge in [-0.15, -0.1) is 0 Å². The monoisotopic (exact) mass is 305 g/mol. The number of benzene rings is 2. The molecule has 0 saturated heterocycles. The van der Waals surface area contributed by atoms with Crippen LogP contribution in [0.2, 0.25) is 5.02 Å². The van der Waals surface area contributed by atoms with Crippen molar-refractivity contribution in [3.8, 4) is 22.6 Å². The number of ether oxygens (including phenoxy) is 2. The summed E-state index contributed by atoms with van der Waals surface area (Å²) in [4.78, 5) is 0. The number of hydrogen-bond acceptors (Lipinski definition) is 3. The smallest absolute Gasteiger partial charge is 0.130 e. The molecular formula is C17H20ClNO2. The number of methoxy groups -OCH3 is 2. The van der Waals surface area contributed by atoms with Gasteiger partial charge in [0.05, 0.1) is 14.2 Å². The van der Waals surface area contributed by atoms with Crippen molar-refractivity contribution in [3.63, 3.8) is 0 Å². The highest BCUT2D eigenvalue weighted by Gasteiger charge is 2.12. The summed E-state index contributed by atoms with van der Waals surface area (Å²) in [6, 6.07) is 12.0. The molecule has 0 fully saturated rings. The molecule has 2 aromatic rings. The molecule has 0 spiro atoms. The third-order valence-electron chi connectivity index (χ3n) is 3.62. The lowest BCUT2D eigenvalue weighted by molar-refractivity contribution is 0.395. The average molecular weight is 306 g/mol. The second kappa shape index (κ2) is 6.83. The van der Waals surface area contributed by atoms with Crippen molar-refractivity contribution in [1.29, 1.82) is 0 Å². The SMILES string of the molecule is CNC(C)c1ccc(-c2ccc(OC)cc2OC)cc1Cl. The molecule has 1 N–H and O–H groups in total. The first-order chi connectivity index (χ1) is 10.1. The summed E-state index contributed by atoms with van der Waals surface area (Å²) in [5.41, 5.74) is 3.09. The van der Waals surface area contributed by atoms with Crippen molar-refractivity contribution in [1.82, 2.24) is 5.32 Å². The second-order valence-corrected chi connectivity index (χ2v) is 5.22. The Morgan fingerprint density at radius 3 is 2.38 bits per heavy atom. The van der Waals surface area contributed by atoms with Gasteiger partial charge in [0, 0.05) is 22.7 Å². The van der Waals surface area contributed by atoms with Crippen LogP contribution in [0, 0.1) is 0 Å². The highest BCUT2D eigenvalue weighted by atomic mass is 35.5. The molecule has 0 saturated carbocycles. The number of hydrogen-bond donors (Lipinski definition) is 1. The summed E-state index contributed by atoms with van der Waals surface area (Å²) in [7, 11) is 5.21. The van der Waals surface area contributed by atoms with Crippen LogP contribution in [-0.2, 0) is 0 Å². The normalized spacial score (nSPS) is 12.0. The fraction of sp³-hybridized carbons (Fsp3) is 0.294. The van der Waals surface area contributed by atoms with Crippen LogP contribution in [0.3, 0.4) is 0 Å². The van der Waals surface area contributed by atoms with Crippen LogP contribution in [-0.4, -0.2) is 21.3 Å². The van der Waals surface area contributed by atoms with Gasteiger partial charge in [-0.2, -0.15) is 0 Å². The Balaban J connectivity index is 2.45. The largest absolute Gasteiger partial charge is 0.497 e. The van der Waals surface area contributed by atoms with Gasteiger partial charge in [-0.25, -0.2) is 0 Å². The molecule has 1 unspecified atom stereocenters. The van der Waals surface area contributed by atoms with Gasteiger partial charge < -0.3 is 14.8 Å². The standard InChI is InChI=1S/C17H20ClNO2/c1-11(19-2)14-7-5-12(9-16(14)18)15-8-6-13(20-3)10-17(15)21-4/h5-11,19H,1-4H3. The summed E-state index contributed by atoms with van der Waals surface area (Å²) < 4.78 is 10.7. The van der Waals surface area contributed by atoms with Gasteiger partial charge in [-0.3, -0.25) is 0 Å². The van der Waals surface area contributed by atoms with E-state index in [4.69, 9.17) is 21.1 Å². The lowest BCUT2D eigenvalue weighted by Gasteiger charge is -2.15. The summed E-state index contributed by atoms with van der Waals surface area (Å²) in [5, 5.41) is 3.94. The van der Waals surface area contributed by atoms with Crippen LogP contribution in [0.15, 0.2) is 36.4 Å². The molecule has 2 rings (SSSR count). The molecule has 0 aromatic heterocycles. The van der Waals surface area contributed by atoms with E-state index in [-0.39, 0.29) is 6.04 Å². The zero-order valence-corrected chi connectivity index (χ0v) is 13.5. The van der Waals surface area contributed by atoms with Crippen LogP contribution in [0.25, 0.3) is 11.1 Å². The number of halogens is 1.